The fourth-order valence-corrected chi connectivity index (χ4v) is 8.40. The molecule has 0 aliphatic heterocycles. The van der Waals surface area contributed by atoms with Crippen LogP contribution in [0.4, 0.5) is 0 Å². The van der Waals surface area contributed by atoms with Gasteiger partial charge in [-0.1, -0.05) is 230 Å². The first kappa shape index (κ1) is 60.7. The largest absolute Gasteiger partial charge is 0.472 e. The van der Waals surface area contributed by atoms with E-state index >= 15 is 0 Å². The van der Waals surface area contributed by atoms with Gasteiger partial charge in [0.05, 0.1) is 39.9 Å². The summed E-state index contributed by atoms with van der Waals surface area (Å²) in [5.41, 5.74) is 0. The lowest BCUT2D eigenvalue weighted by Gasteiger charge is -2.25. The van der Waals surface area contributed by atoms with Crippen LogP contribution in [-0.2, 0) is 18.4 Å². The molecule has 8 nitrogen and oxygen atoms in total. The van der Waals surface area contributed by atoms with Crippen molar-refractivity contribution in [3.63, 3.8) is 0 Å². The Morgan fingerprint density at radius 2 is 0.887 bits per heavy atom. The Morgan fingerprint density at radius 1 is 0.532 bits per heavy atom. The number of aliphatic hydroxyl groups excluding tert-OH is 1. The van der Waals surface area contributed by atoms with Gasteiger partial charge in [0.15, 0.2) is 0 Å². The third-order valence-electron chi connectivity index (χ3n) is 11.8. The van der Waals surface area contributed by atoms with E-state index in [1.54, 1.807) is 6.08 Å². The fraction of sp³-hybridized carbons (Fsp3) is 0.868. The smallest absolute Gasteiger partial charge is 0.387 e. The van der Waals surface area contributed by atoms with E-state index in [1.807, 2.05) is 27.2 Å². The van der Waals surface area contributed by atoms with Crippen molar-refractivity contribution in [2.75, 3.05) is 40.9 Å². The second kappa shape index (κ2) is 44.9. The maximum absolute atomic E-state index is 12.9. The molecule has 0 aliphatic rings. The number of quaternary nitrogens is 1. The van der Waals surface area contributed by atoms with Crippen molar-refractivity contribution in [3.05, 3.63) is 36.5 Å². The highest BCUT2D eigenvalue weighted by Crippen LogP contribution is 2.43. The van der Waals surface area contributed by atoms with Gasteiger partial charge in [0.2, 0.25) is 5.91 Å². The highest BCUT2D eigenvalue weighted by Gasteiger charge is 2.27. The van der Waals surface area contributed by atoms with Crippen molar-refractivity contribution in [1.82, 2.24) is 5.32 Å². The van der Waals surface area contributed by atoms with Gasteiger partial charge in [-0.05, 0) is 44.9 Å². The minimum Gasteiger partial charge on any atom is -0.387 e. The van der Waals surface area contributed by atoms with Crippen LogP contribution in [0, 0.1) is 0 Å². The van der Waals surface area contributed by atoms with E-state index in [0.29, 0.717) is 17.4 Å². The summed E-state index contributed by atoms with van der Waals surface area (Å²) in [6.45, 7) is 4.81. The van der Waals surface area contributed by atoms with Crippen molar-refractivity contribution in [2.45, 2.75) is 257 Å². The van der Waals surface area contributed by atoms with Gasteiger partial charge in [0.1, 0.15) is 13.2 Å². The first-order chi connectivity index (χ1) is 30.0. The number of nitrogens with zero attached hydrogens (tertiary/aromatic N) is 1. The van der Waals surface area contributed by atoms with E-state index in [4.69, 9.17) is 9.05 Å². The molecular formula is C53H104N2O6P+. The summed E-state index contributed by atoms with van der Waals surface area (Å²) in [6.07, 6.45) is 56.6. The summed E-state index contributed by atoms with van der Waals surface area (Å²) >= 11 is 0. The molecule has 62 heavy (non-hydrogen) atoms. The van der Waals surface area contributed by atoms with Crippen LogP contribution in [0.2, 0.25) is 0 Å². The summed E-state index contributed by atoms with van der Waals surface area (Å²) in [5, 5.41) is 13.9. The lowest BCUT2D eigenvalue weighted by Crippen LogP contribution is -2.45. The number of nitrogens with one attached hydrogen (secondary N) is 1. The van der Waals surface area contributed by atoms with E-state index in [2.05, 4.69) is 43.5 Å². The average Bonchev–Trinajstić information content (AvgIpc) is 3.23. The molecule has 0 heterocycles. The van der Waals surface area contributed by atoms with Crippen molar-refractivity contribution < 1.29 is 32.9 Å². The lowest BCUT2D eigenvalue weighted by molar-refractivity contribution is -0.870. The zero-order valence-electron chi connectivity index (χ0n) is 41.6. The number of aliphatic hydroxyl groups is 1. The number of allylic oxidation sites excluding steroid dienone is 5. The molecule has 0 aromatic carbocycles. The summed E-state index contributed by atoms with van der Waals surface area (Å²) in [4.78, 5) is 23.2. The van der Waals surface area contributed by atoms with Gasteiger partial charge in [-0.25, -0.2) is 4.57 Å². The molecule has 0 aliphatic carbocycles. The molecule has 9 heteroatoms. The van der Waals surface area contributed by atoms with Crippen molar-refractivity contribution in [1.29, 1.82) is 0 Å². The highest BCUT2D eigenvalue weighted by molar-refractivity contribution is 7.47. The summed E-state index contributed by atoms with van der Waals surface area (Å²) in [7, 11) is 1.55. The minimum atomic E-state index is -4.35. The Morgan fingerprint density at radius 3 is 1.29 bits per heavy atom. The third-order valence-corrected chi connectivity index (χ3v) is 12.8. The highest BCUT2D eigenvalue weighted by atomic mass is 31.2. The fourth-order valence-electron chi connectivity index (χ4n) is 7.66. The van der Waals surface area contributed by atoms with Crippen molar-refractivity contribution in [2.24, 2.45) is 0 Å². The number of carbonyl (C=O) groups is 1. The number of hydrogen-bond acceptors (Lipinski definition) is 5. The van der Waals surface area contributed by atoms with Gasteiger partial charge in [-0.15, -0.1) is 0 Å². The van der Waals surface area contributed by atoms with Gasteiger partial charge < -0.3 is 19.8 Å². The van der Waals surface area contributed by atoms with Gasteiger partial charge >= 0.3 is 7.82 Å². The van der Waals surface area contributed by atoms with Crippen LogP contribution in [0.1, 0.15) is 245 Å². The van der Waals surface area contributed by atoms with Crippen LogP contribution in [0.5, 0.6) is 0 Å². The van der Waals surface area contributed by atoms with E-state index in [9.17, 15) is 19.4 Å². The molecule has 0 saturated carbocycles. The monoisotopic (exact) mass is 896 g/mol. The minimum absolute atomic E-state index is 0.0549. The molecule has 0 radical (unpaired) electrons. The Kier molecular flexibility index (Phi) is 44.0. The van der Waals surface area contributed by atoms with E-state index in [-0.39, 0.29) is 19.1 Å². The zero-order chi connectivity index (χ0) is 45.7. The molecule has 0 saturated heterocycles. The molecule has 3 unspecified atom stereocenters. The first-order valence-corrected chi connectivity index (χ1v) is 27.9. The standard InChI is InChI=1S/C53H103N2O6P/c1-6-8-10-12-14-16-18-20-22-24-25-26-27-28-29-30-31-32-34-36-38-40-42-44-46-52(56)51(50-61-62(58,59)60-49-48-55(3,4)5)54-53(57)47-45-43-41-39-37-35-33-23-21-19-17-15-13-11-9-7-2/h30-31,36,38,44,46,51-52,56H,6-29,32-35,37,39-43,45,47-50H2,1-5H3,(H-,54,57,58,59)/p+1/b31-30+,38-36+,46-44+. The third kappa shape index (κ3) is 46.7. The molecule has 3 atom stereocenters. The quantitative estimate of drug-likeness (QED) is 0.0243. The Bertz CT molecular complexity index is 1110. The van der Waals surface area contributed by atoms with Crippen LogP contribution in [0.15, 0.2) is 36.5 Å². The molecule has 0 rings (SSSR count). The normalized spacial score (nSPS) is 14.4. The number of unbranched alkanes of at least 4 members (excludes halogenated alkanes) is 31. The van der Waals surface area contributed by atoms with E-state index in [1.165, 1.54) is 180 Å². The van der Waals surface area contributed by atoms with Crippen LogP contribution >= 0.6 is 7.82 Å². The molecule has 366 valence electrons. The number of phosphoric ester groups is 1. The Hall–Kier alpha value is -1.28. The lowest BCUT2D eigenvalue weighted by atomic mass is 10.0. The van der Waals surface area contributed by atoms with E-state index in [0.717, 1.165) is 44.9 Å². The summed E-state index contributed by atoms with van der Waals surface area (Å²) in [5.74, 6) is -0.188. The Labute approximate surface area is 385 Å². The van der Waals surface area contributed by atoms with E-state index < -0.39 is 20.0 Å². The zero-order valence-corrected chi connectivity index (χ0v) is 42.5. The molecular weight excluding hydrogens is 792 g/mol. The maximum Gasteiger partial charge on any atom is 0.472 e. The molecule has 0 aromatic rings. The van der Waals surface area contributed by atoms with Crippen molar-refractivity contribution in [3.8, 4) is 0 Å². The van der Waals surface area contributed by atoms with Gasteiger partial charge in [-0.3, -0.25) is 13.8 Å². The Balaban J connectivity index is 4.34. The summed E-state index contributed by atoms with van der Waals surface area (Å²) in [6, 6.07) is -0.867. The van der Waals surface area contributed by atoms with Crippen LogP contribution in [-0.4, -0.2) is 73.4 Å². The number of rotatable bonds is 48. The average molecular weight is 896 g/mol. The summed E-state index contributed by atoms with van der Waals surface area (Å²) < 4.78 is 23.6. The van der Waals surface area contributed by atoms with Gasteiger partial charge in [0.25, 0.3) is 0 Å². The maximum atomic E-state index is 12.9. The first-order valence-electron chi connectivity index (χ1n) is 26.4. The molecule has 0 bridgehead atoms. The number of amides is 1. The predicted octanol–water partition coefficient (Wildman–Crippen LogP) is 15.4. The second-order valence-corrected chi connectivity index (χ2v) is 20.7. The SMILES string of the molecule is CCCCCCCCCCCCCCCC/C=C/CC/C=C/CC/C=C/C(O)C(COP(=O)(O)OCC[N+](C)(C)C)NC(=O)CCCCCCCCCCCCCCCCCC. The van der Waals surface area contributed by atoms with Gasteiger partial charge in [-0.2, -0.15) is 0 Å². The second-order valence-electron chi connectivity index (χ2n) is 19.2. The molecule has 1 amide bonds. The van der Waals surface area contributed by atoms with Crippen molar-refractivity contribution >= 4 is 13.7 Å². The van der Waals surface area contributed by atoms with Crippen LogP contribution < -0.4 is 5.32 Å². The molecule has 0 aromatic heterocycles. The molecule has 0 fully saturated rings. The van der Waals surface area contributed by atoms with Gasteiger partial charge in [0, 0.05) is 6.42 Å². The number of carbonyl (C=O) groups excluding carboxylic acids is 1. The topological polar surface area (TPSA) is 105 Å². The predicted molar refractivity (Wildman–Crippen MR) is 268 cm³/mol. The molecule has 0 spiro atoms. The molecule has 3 N–H and O–H groups in total. The van der Waals surface area contributed by atoms with Crippen LogP contribution in [0.25, 0.3) is 0 Å². The number of hydrogen-bond donors (Lipinski definition) is 3. The number of likely N-dealkylation sites (N-methyl/N-ethyl adjacent to an activating group) is 1. The number of phosphoric acid groups is 1. The van der Waals surface area contributed by atoms with Crippen LogP contribution in [0.3, 0.4) is 0 Å².